The van der Waals surface area contributed by atoms with Crippen LogP contribution < -0.4 is 5.73 Å². The number of nitrogens with two attached hydrogens (primary N) is 1. The zero-order valence-electron chi connectivity index (χ0n) is 11.0. The van der Waals surface area contributed by atoms with E-state index in [1.165, 1.54) is 45.2 Å². The Morgan fingerprint density at radius 2 is 1.75 bits per heavy atom. The Balaban J connectivity index is 1.87. The first-order valence-corrected chi connectivity index (χ1v) is 7.14. The first kappa shape index (κ1) is 12.4. The highest BCUT2D eigenvalue weighted by molar-refractivity contribution is 4.86. The van der Waals surface area contributed by atoms with Gasteiger partial charge in [-0.1, -0.05) is 20.3 Å². The third-order valence-electron chi connectivity index (χ3n) is 4.87. The molecule has 94 valence electrons. The van der Waals surface area contributed by atoms with Gasteiger partial charge < -0.3 is 10.6 Å². The number of hydrogen-bond donors (Lipinski definition) is 1. The van der Waals surface area contributed by atoms with Crippen LogP contribution in [0.3, 0.4) is 0 Å². The highest BCUT2D eigenvalue weighted by Crippen LogP contribution is 2.33. The quantitative estimate of drug-likeness (QED) is 0.781. The molecule has 0 aromatic heterocycles. The number of rotatable bonds is 2. The van der Waals surface area contributed by atoms with Gasteiger partial charge in [0.05, 0.1) is 0 Å². The molecule has 0 aromatic carbocycles. The minimum Gasteiger partial charge on any atom is -0.330 e. The Morgan fingerprint density at radius 1 is 1.06 bits per heavy atom. The lowest BCUT2D eigenvalue weighted by atomic mass is 9.78. The monoisotopic (exact) mass is 224 g/mol. The van der Waals surface area contributed by atoms with Crippen molar-refractivity contribution in [3.8, 4) is 0 Å². The predicted molar refractivity (Wildman–Crippen MR) is 69.3 cm³/mol. The van der Waals surface area contributed by atoms with Crippen molar-refractivity contribution in [1.82, 2.24) is 4.90 Å². The first-order chi connectivity index (χ1) is 7.70. The summed E-state index contributed by atoms with van der Waals surface area (Å²) in [7, 11) is 0. The van der Waals surface area contributed by atoms with E-state index >= 15 is 0 Å². The van der Waals surface area contributed by atoms with E-state index in [0.717, 1.165) is 30.3 Å². The van der Waals surface area contributed by atoms with Crippen LogP contribution in [-0.2, 0) is 0 Å². The molecular weight excluding hydrogens is 196 g/mol. The summed E-state index contributed by atoms with van der Waals surface area (Å²) in [5, 5.41) is 0. The zero-order valence-corrected chi connectivity index (χ0v) is 11.0. The first-order valence-electron chi connectivity index (χ1n) is 7.14. The molecule has 0 bridgehead atoms. The van der Waals surface area contributed by atoms with E-state index < -0.39 is 0 Å². The summed E-state index contributed by atoms with van der Waals surface area (Å²) in [6, 6.07) is 0.863. The molecule has 0 radical (unpaired) electrons. The van der Waals surface area contributed by atoms with Crippen molar-refractivity contribution in [2.45, 2.75) is 52.0 Å². The van der Waals surface area contributed by atoms with Crippen LogP contribution in [-0.4, -0.2) is 30.6 Å². The molecule has 1 saturated carbocycles. The molecule has 1 aliphatic carbocycles. The average Bonchev–Trinajstić information content (AvgIpc) is 2.32. The molecule has 0 spiro atoms. The summed E-state index contributed by atoms with van der Waals surface area (Å²) in [5.74, 6) is 2.65. The number of piperidine rings is 1. The van der Waals surface area contributed by atoms with Crippen molar-refractivity contribution < 1.29 is 0 Å². The van der Waals surface area contributed by atoms with Crippen LogP contribution in [0.2, 0.25) is 0 Å². The summed E-state index contributed by atoms with van der Waals surface area (Å²) in [6.45, 7) is 8.36. The molecule has 16 heavy (non-hydrogen) atoms. The van der Waals surface area contributed by atoms with Crippen molar-refractivity contribution in [2.24, 2.45) is 23.5 Å². The van der Waals surface area contributed by atoms with Gasteiger partial charge in [0, 0.05) is 6.04 Å². The maximum absolute atomic E-state index is 5.76. The van der Waals surface area contributed by atoms with Crippen molar-refractivity contribution >= 4 is 0 Å². The topological polar surface area (TPSA) is 29.3 Å². The number of likely N-dealkylation sites (tertiary alicyclic amines) is 1. The predicted octanol–water partition coefficient (Wildman–Crippen LogP) is 2.48. The second-order valence-corrected chi connectivity index (χ2v) is 6.18. The van der Waals surface area contributed by atoms with E-state index in [0.29, 0.717) is 0 Å². The molecule has 2 N–H and O–H groups in total. The van der Waals surface area contributed by atoms with E-state index in [1.54, 1.807) is 0 Å². The highest BCUT2D eigenvalue weighted by Gasteiger charge is 2.32. The van der Waals surface area contributed by atoms with E-state index in [1.807, 2.05) is 0 Å². The van der Waals surface area contributed by atoms with Crippen LogP contribution in [0.4, 0.5) is 0 Å². The fourth-order valence-electron chi connectivity index (χ4n) is 3.53. The third kappa shape index (κ3) is 2.78. The summed E-state index contributed by atoms with van der Waals surface area (Å²) in [5.41, 5.74) is 5.76. The van der Waals surface area contributed by atoms with Gasteiger partial charge in [-0.3, -0.25) is 0 Å². The van der Waals surface area contributed by atoms with E-state index in [2.05, 4.69) is 18.7 Å². The van der Waals surface area contributed by atoms with Crippen molar-refractivity contribution in [3.05, 3.63) is 0 Å². The van der Waals surface area contributed by atoms with Gasteiger partial charge in [-0.25, -0.2) is 0 Å². The molecule has 2 rings (SSSR count). The molecular formula is C14H28N2. The fourth-order valence-corrected chi connectivity index (χ4v) is 3.53. The molecule has 1 heterocycles. The van der Waals surface area contributed by atoms with Gasteiger partial charge in [0.25, 0.3) is 0 Å². The maximum Gasteiger partial charge on any atom is 0.0123 e. The van der Waals surface area contributed by atoms with Crippen LogP contribution in [0.5, 0.6) is 0 Å². The summed E-state index contributed by atoms with van der Waals surface area (Å²) < 4.78 is 0. The molecule has 1 saturated heterocycles. The van der Waals surface area contributed by atoms with E-state index in [4.69, 9.17) is 5.73 Å². The van der Waals surface area contributed by atoms with E-state index in [9.17, 15) is 0 Å². The SMILES string of the molecule is CC1CCC(C)C(N2CCC(CN)CC2)C1. The minimum absolute atomic E-state index is 0.799. The van der Waals surface area contributed by atoms with Crippen molar-refractivity contribution in [3.63, 3.8) is 0 Å². The van der Waals surface area contributed by atoms with Gasteiger partial charge >= 0.3 is 0 Å². The van der Waals surface area contributed by atoms with Gasteiger partial charge in [0.1, 0.15) is 0 Å². The van der Waals surface area contributed by atoms with E-state index in [-0.39, 0.29) is 0 Å². The van der Waals surface area contributed by atoms with Crippen LogP contribution in [0.1, 0.15) is 46.0 Å². The van der Waals surface area contributed by atoms with Crippen molar-refractivity contribution in [1.29, 1.82) is 0 Å². The molecule has 1 aliphatic heterocycles. The lowest BCUT2D eigenvalue weighted by molar-refractivity contribution is 0.0604. The largest absolute Gasteiger partial charge is 0.330 e. The highest BCUT2D eigenvalue weighted by atomic mass is 15.2. The number of nitrogens with zero attached hydrogens (tertiary/aromatic N) is 1. The second-order valence-electron chi connectivity index (χ2n) is 6.18. The molecule has 2 aliphatic rings. The molecule has 2 heteroatoms. The average molecular weight is 224 g/mol. The molecule has 0 aromatic rings. The van der Waals surface area contributed by atoms with Gasteiger partial charge in [0.2, 0.25) is 0 Å². The normalized spacial score (nSPS) is 38.8. The Hall–Kier alpha value is -0.0800. The standard InChI is InChI=1S/C14H28N2/c1-11-3-4-12(2)14(9-11)16-7-5-13(10-15)6-8-16/h11-14H,3-10,15H2,1-2H3. The molecule has 0 amide bonds. The maximum atomic E-state index is 5.76. The van der Waals surface area contributed by atoms with Crippen LogP contribution >= 0.6 is 0 Å². The second kappa shape index (κ2) is 5.50. The Kier molecular flexibility index (Phi) is 4.26. The van der Waals surface area contributed by atoms with Gasteiger partial charge in [-0.15, -0.1) is 0 Å². The summed E-state index contributed by atoms with van der Waals surface area (Å²) >= 11 is 0. The molecule has 3 atom stereocenters. The number of hydrogen-bond acceptors (Lipinski definition) is 2. The smallest absolute Gasteiger partial charge is 0.0123 e. The van der Waals surface area contributed by atoms with Crippen molar-refractivity contribution in [2.75, 3.05) is 19.6 Å². The Morgan fingerprint density at radius 3 is 2.38 bits per heavy atom. The van der Waals surface area contributed by atoms with Crippen LogP contribution in [0, 0.1) is 17.8 Å². The lowest BCUT2D eigenvalue weighted by Crippen LogP contribution is -2.47. The fraction of sp³-hybridized carbons (Fsp3) is 1.00. The Bertz CT molecular complexity index is 209. The molecule has 2 fully saturated rings. The van der Waals surface area contributed by atoms with Crippen LogP contribution in [0.15, 0.2) is 0 Å². The Labute approximate surface area is 101 Å². The third-order valence-corrected chi connectivity index (χ3v) is 4.87. The zero-order chi connectivity index (χ0) is 11.5. The van der Waals surface area contributed by atoms with Crippen LogP contribution in [0.25, 0.3) is 0 Å². The summed E-state index contributed by atoms with van der Waals surface area (Å²) in [4.78, 5) is 2.76. The summed E-state index contributed by atoms with van der Waals surface area (Å²) in [6.07, 6.45) is 6.95. The minimum atomic E-state index is 0.799. The molecule has 2 nitrogen and oxygen atoms in total. The molecule has 3 unspecified atom stereocenters. The van der Waals surface area contributed by atoms with Gasteiger partial charge in [-0.05, 0) is 63.1 Å². The van der Waals surface area contributed by atoms with Gasteiger partial charge in [-0.2, -0.15) is 0 Å². The lowest BCUT2D eigenvalue weighted by Gasteiger charge is -2.44. The van der Waals surface area contributed by atoms with Gasteiger partial charge in [0.15, 0.2) is 0 Å².